The molecule has 0 saturated heterocycles. The minimum absolute atomic E-state index is 0.176. The van der Waals surface area contributed by atoms with E-state index in [4.69, 9.17) is 10.6 Å². The Labute approximate surface area is 112 Å². The number of hydrazine groups is 1. The van der Waals surface area contributed by atoms with Crippen molar-refractivity contribution in [1.82, 2.24) is 15.6 Å². The molecule has 1 unspecified atom stereocenters. The lowest BCUT2D eigenvalue weighted by atomic mass is 9.97. The predicted molar refractivity (Wildman–Crippen MR) is 73.7 cm³/mol. The maximum absolute atomic E-state index is 5.73. The fourth-order valence-electron chi connectivity index (χ4n) is 2.11. The number of benzene rings is 1. The van der Waals surface area contributed by atoms with Crippen molar-refractivity contribution in [3.8, 4) is 5.75 Å². The van der Waals surface area contributed by atoms with Gasteiger partial charge in [0.25, 0.3) is 0 Å². The van der Waals surface area contributed by atoms with E-state index >= 15 is 0 Å². The molecular formula is C14H18N4O. The molecule has 3 N–H and O–H groups in total. The second-order valence-corrected chi connectivity index (χ2v) is 4.37. The predicted octanol–water partition coefficient (Wildman–Crippen LogP) is 1.65. The van der Waals surface area contributed by atoms with E-state index in [-0.39, 0.29) is 6.04 Å². The standard InChI is InChI=1S/C14H18N4O/c1-9-8-12(10(2)18-17-9)14(16-15)11-6-4-5-7-13(11)19-3/h4-8,14,16H,15H2,1-3H3. The Bertz CT molecular complexity index is 571. The number of aryl methyl sites for hydroxylation is 2. The van der Waals surface area contributed by atoms with Crippen molar-refractivity contribution in [2.45, 2.75) is 19.9 Å². The Balaban J connectivity index is 2.53. The number of aromatic nitrogens is 2. The van der Waals surface area contributed by atoms with Crippen LogP contribution in [0.25, 0.3) is 0 Å². The zero-order valence-electron chi connectivity index (χ0n) is 11.3. The van der Waals surface area contributed by atoms with E-state index in [1.807, 2.05) is 44.2 Å². The minimum atomic E-state index is -0.176. The summed E-state index contributed by atoms with van der Waals surface area (Å²) < 4.78 is 5.39. The molecule has 0 aliphatic rings. The van der Waals surface area contributed by atoms with Gasteiger partial charge in [0.2, 0.25) is 0 Å². The molecule has 0 bridgehead atoms. The second-order valence-electron chi connectivity index (χ2n) is 4.37. The largest absolute Gasteiger partial charge is 0.496 e. The average Bonchev–Trinajstić information content (AvgIpc) is 2.44. The van der Waals surface area contributed by atoms with Crippen molar-refractivity contribution in [2.24, 2.45) is 5.84 Å². The smallest absolute Gasteiger partial charge is 0.124 e. The van der Waals surface area contributed by atoms with Crippen molar-refractivity contribution in [2.75, 3.05) is 7.11 Å². The van der Waals surface area contributed by atoms with Crippen molar-refractivity contribution in [3.63, 3.8) is 0 Å². The van der Waals surface area contributed by atoms with Gasteiger partial charge in [-0.15, -0.1) is 0 Å². The van der Waals surface area contributed by atoms with Gasteiger partial charge in [-0.25, -0.2) is 5.43 Å². The molecule has 1 heterocycles. The summed E-state index contributed by atoms with van der Waals surface area (Å²) in [4.78, 5) is 0. The molecule has 0 fully saturated rings. The molecule has 0 aliphatic carbocycles. The maximum atomic E-state index is 5.73. The zero-order chi connectivity index (χ0) is 13.8. The highest BCUT2D eigenvalue weighted by atomic mass is 16.5. The molecule has 0 spiro atoms. The molecule has 0 saturated carbocycles. The summed E-state index contributed by atoms with van der Waals surface area (Å²) in [5.74, 6) is 6.52. The van der Waals surface area contributed by atoms with E-state index in [1.165, 1.54) is 0 Å². The van der Waals surface area contributed by atoms with E-state index in [9.17, 15) is 0 Å². The quantitative estimate of drug-likeness (QED) is 0.644. The van der Waals surface area contributed by atoms with E-state index < -0.39 is 0 Å². The van der Waals surface area contributed by atoms with Crippen LogP contribution in [0.15, 0.2) is 30.3 Å². The number of ether oxygens (including phenoxy) is 1. The van der Waals surface area contributed by atoms with Gasteiger partial charge in [-0.05, 0) is 31.5 Å². The summed E-state index contributed by atoms with van der Waals surface area (Å²) in [5, 5.41) is 8.18. The third kappa shape index (κ3) is 2.72. The molecule has 0 amide bonds. The molecule has 0 radical (unpaired) electrons. The van der Waals surface area contributed by atoms with Crippen LogP contribution in [0.3, 0.4) is 0 Å². The van der Waals surface area contributed by atoms with Crippen LogP contribution in [0.2, 0.25) is 0 Å². The van der Waals surface area contributed by atoms with E-state index in [0.29, 0.717) is 0 Å². The van der Waals surface area contributed by atoms with Gasteiger partial charge in [-0.2, -0.15) is 10.2 Å². The average molecular weight is 258 g/mol. The molecule has 1 atom stereocenters. The molecule has 100 valence electrons. The SMILES string of the molecule is COc1ccccc1C(NN)c1cc(C)nnc1C. The van der Waals surface area contributed by atoms with E-state index in [1.54, 1.807) is 7.11 Å². The summed E-state index contributed by atoms with van der Waals surface area (Å²) in [5.41, 5.74) is 6.51. The van der Waals surface area contributed by atoms with Gasteiger partial charge in [0, 0.05) is 5.56 Å². The fourth-order valence-corrected chi connectivity index (χ4v) is 2.11. The monoisotopic (exact) mass is 258 g/mol. The molecule has 1 aromatic heterocycles. The second kappa shape index (κ2) is 5.77. The number of nitrogens with one attached hydrogen (secondary N) is 1. The molecule has 5 nitrogen and oxygen atoms in total. The van der Waals surface area contributed by atoms with Crippen LogP contribution in [0.5, 0.6) is 5.75 Å². The van der Waals surface area contributed by atoms with Gasteiger partial charge in [-0.1, -0.05) is 18.2 Å². The summed E-state index contributed by atoms with van der Waals surface area (Å²) >= 11 is 0. The number of para-hydroxylation sites is 1. The number of hydrogen-bond acceptors (Lipinski definition) is 5. The third-order valence-electron chi connectivity index (χ3n) is 3.07. The summed E-state index contributed by atoms with van der Waals surface area (Å²) in [7, 11) is 1.65. The zero-order valence-corrected chi connectivity index (χ0v) is 11.3. The Kier molecular flexibility index (Phi) is 4.09. The lowest BCUT2D eigenvalue weighted by Gasteiger charge is -2.20. The van der Waals surface area contributed by atoms with Crippen LogP contribution < -0.4 is 16.0 Å². The minimum Gasteiger partial charge on any atom is -0.496 e. The molecule has 2 aromatic rings. The Morgan fingerprint density at radius 3 is 2.58 bits per heavy atom. The first-order valence-electron chi connectivity index (χ1n) is 6.07. The lowest BCUT2D eigenvalue weighted by Crippen LogP contribution is -2.30. The topological polar surface area (TPSA) is 73.1 Å². The van der Waals surface area contributed by atoms with E-state index in [0.717, 1.165) is 28.3 Å². The summed E-state index contributed by atoms with van der Waals surface area (Å²) in [6, 6.07) is 9.59. The molecular weight excluding hydrogens is 240 g/mol. The van der Waals surface area contributed by atoms with Crippen LogP contribution in [-0.2, 0) is 0 Å². The van der Waals surface area contributed by atoms with Gasteiger partial charge >= 0.3 is 0 Å². The normalized spacial score (nSPS) is 12.2. The number of nitrogens with zero attached hydrogens (tertiary/aromatic N) is 2. The van der Waals surface area contributed by atoms with Gasteiger partial charge in [0.1, 0.15) is 5.75 Å². The van der Waals surface area contributed by atoms with Crippen LogP contribution in [0.1, 0.15) is 28.6 Å². The maximum Gasteiger partial charge on any atom is 0.124 e. The first-order valence-corrected chi connectivity index (χ1v) is 6.07. The first-order chi connectivity index (χ1) is 9.17. The molecule has 1 aromatic carbocycles. The molecule has 0 aliphatic heterocycles. The number of rotatable bonds is 4. The van der Waals surface area contributed by atoms with Crippen molar-refractivity contribution < 1.29 is 4.74 Å². The van der Waals surface area contributed by atoms with Crippen LogP contribution >= 0.6 is 0 Å². The van der Waals surface area contributed by atoms with E-state index in [2.05, 4.69) is 15.6 Å². The molecule has 5 heteroatoms. The molecule has 19 heavy (non-hydrogen) atoms. The van der Waals surface area contributed by atoms with Crippen LogP contribution in [-0.4, -0.2) is 17.3 Å². The molecule has 2 rings (SSSR count). The van der Waals surface area contributed by atoms with Gasteiger partial charge in [0.15, 0.2) is 0 Å². The van der Waals surface area contributed by atoms with Crippen molar-refractivity contribution in [3.05, 3.63) is 52.8 Å². The Morgan fingerprint density at radius 1 is 1.16 bits per heavy atom. The highest BCUT2D eigenvalue weighted by molar-refractivity contribution is 5.42. The fraction of sp³-hybridized carbons (Fsp3) is 0.286. The van der Waals surface area contributed by atoms with Crippen molar-refractivity contribution in [1.29, 1.82) is 0 Å². The highest BCUT2D eigenvalue weighted by Gasteiger charge is 2.19. The summed E-state index contributed by atoms with van der Waals surface area (Å²) in [6.45, 7) is 3.83. The highest BCUT2D eigenvalue weighted by Crippen LogP contribution is 2.30. The van der Waals surface area contributed by atoms with Crippen molar-refractivity contribution >= 4 is 0 Å². The Morgan fingerprint density at radius 2 is 1.89 bits per heavy atom. The Hall–Kier alpha value is -1.98. The van der Waals surface area contributed by atoms with Crippen LogP contribution in [0.4, 0.5) is 0 Å². The number of methoxy groups -OCH3 is 1. The van der Waals surface area contributed by atoms with Gasteiger partial charge in [-0.3, -0.25) is 5.84 Å². The lowest BCUT2D eigenvalue weighted by molar-refractivity contribution is 0.404. The van der Waals surface area contributed by atoms with Crippen LogP contribution in [0, 0.1) is 13.8 Å². The first kappa shape index (κ1) is 13.5. The van der Waals surface area contributed by atoms with Gasteiger partial charge in [0.05, 0.1) is 24.5 Å². The summed E-state index contributed by atoms with van der Waals surface area (Å²) in [6.07, 6.45) is 0. The van der Waals surface area contributed by atoms with Gasteiger partial charge < -0.3 is 4.74 Å². The number of hydrogen-bond donors (Lipinski definition) is 2. The number of nitrogens with two attached hydrogens (primary N) is 1. The third-order valence-corrected chi connectivity index (χ3v) is 3.07.